The molecule has 0 atom stereocenters. The summed E-state index contributed by atoms with van der Waals surface area (Å²) in [6.45, 7) is 1.60. The highest BCUT2D eigenvalue weighted by molar-refractivity contribution is 9.13. The van der Waals surface area contributed by atoms with Crippen molar-refractivity contribution in [2.45, 2.75) is 19.5 Å². The summed E-state index contributed by atoms with van der Waals surface area (Å²) in [6.07, 6.45) is -4.29. The Hall–Kier alpha value is -0.360. The number of carbonyl (C=O) groups excluding carboxylic acids is 1. The van der Waals surface area contributed by atoms with Crippen LogP contribution in [0.4, 0.5) is 13.2 Å². The average molecular weight is 360 g/mol. The first-order valence-electron chi connectivity index (χ1n) is 4.36. The van der Waals surface area contributed by atoms with Crippen LogP contribution in [0.15, 0.2) is 21.1 Å². The molecule has 0 radical (unpaired) electrons. The molecule has 0 saturated carbocycles. The van der Waals surface area contributed by atoms with Crippen LogP contribution < -0.4 is 0 Å². The van der Waals surface area contributed by atoms with Gasteiger partial charge in [0, 0.05) is 20.9 Å². The third kappa shape index (κ3) is 2.85. The van der Waals surface area contributed by atoms with Gasteiger partial charge in [-0.15, -0.1) is 0 Å². The average Bonchev–Trinajstić information content (AvgIpc) is 2.19. The van der Waals surface area contributed by atoms with Gasteiger partial charge < -0.3 is 0 Å². The number of hydrogen-bond acceptors (Lipinski definition) is 1. The maximum absolute atomic E-state index is 12.5. The van der Waals surface area contributed by atoms with Gasteiger partial charge in [-0.25, -0.2) is 0 Å². The van der Waals surface area contributed by atoms with E-state index in [0.29, 0.717) is 4.47 Å². The molecule has 0 aliphatic heterocycles. The molecule has 0 N–H and O–H groups in total. The van der Waals surface area contributed by atoms with Crippen LogP contribution in [0.3, 0.4) is 0 Å². The molecule has 0 unspecified atom stereocenters. The third-order valence-electron chi connectivity index (χ3n) is 1.98. The second kappa shape index (κ2) is 4.87. The Bertz CT molecular complexity index is 427. The molecule has 6 heteroatoms. The van der Waals surface area contributed by atoms with Crippen LogP contribution in [-0.2, 0) is 6.18 Å². The minimum atomic E-state index is -4.45. The third-order valence-corrected chi connectivity index (χ3v) is 3.99. The monoisotopic (exact) mass is 358 g/mol. The van der Waals surface area contributed by atoms with Gasteiger partial charge in [-0.3, -0.25) is 4.79 Å². The molecule has 1 aromatic carbocycles. The van der Waals surface area contributed by atoms with E-state index in [-0.39, 0.29) is 22.2 Å². The molecule has 0 aromatic heterocycles. The van der Waals surface area contributed by atoms with E-state index in [1.165, 1.54) is 0 Å². The zero-order chi connectivity index (χ0) is 12.5. The van der Waals surface area contributed by atoms with E-state index < -0.39 is 11.7 Å². The minimum Gasteiger partial charge on any atom is -0.294 e. The summed E-state index contributed by atoms with van der Waals surface area (Å²) in [5, 5.41) is 0. The van der Waals surface area contributed by atoms with Crippen molar-refractivity contribution < 1.29 is 18.0 Å². The van der Waals surface area contributed by atoms with Crippen molar-refractivity contribution in [1.82, 2.24) is 0 Å². The van der Waals surface area contributed by atoms with E-state index >= 15 is 0 Å². The number of carbonyl (C=O) groups is 1. The van der Waals surface area contributed by atoms with Gasteiger partial charge in [0.2, 0.25) is 0 Å². The molecule has 0 fully saturated rings. The minimum absolute atomic E-state index is 0.0456. The van der Waals surface area contributed by atoms with Crippen LogP contribution >= 0.6 is 31.9 Å². The van der Waals surface area contributed by atoms with Crippen LogP contribution in [-0.4, -0.2) is 5.78 Å². The lowest BCUT2D eigenvalue weighted by Gasteiger charge is -2.11. The molecule has 1 nitrogen and oxygen atoms in total. The maximum atomic E-state index is 12.5. The van der Waals surface area contributed by atoms with Gasteiger partial charge >= 0.3 is 6.18 Å². The first-order chi connectivity index (χ1) is 7.27. The highest BCUT2D eigenvalue weighted by Gasteiger charge is 2.32. The number of hydrogen-bond donors (Lipinski definition) is 0. The smallest absolute Gasteiger partial charge is 0.294 e. The number of benzene rings is 1. The van der Waals surface area contributed by atoms with Crippen molar-refractivity contribution in [3.8, 4) is 0 Å². The summed E-state index contributed by atoms with van der Waals surface area (Å²) in [4.78, 5) is 11.4. The number of ketones is 1. The van der Waals surface area contributed by atoms with Crippen LogP contribution in [0, 0.1) is 0 Å². The van der Waals surface area contributed by atoms with Gasteiger partial charge in [-0.05, 0) is 44.0 Å². The number of alkyl halides is 3. The summed E-state index contributed by atoms with van der Waals surface area (Å²) in [7, 11) is 0. The van der Waals surface area contributed by atoms with Crippen LogP contribution in [0.5, 0.6) is 0 Å². The fourth-order valence-corrected chi connectivity index (χ4v) is 2.06. The molecule has 0 aliphatic rings. The molecule has 0 aliphatic carbocycles. The Labute approximate surface area is 107 Å². The molecule has 0 bridgehead atoms. The van der Waals surface area contributed by atoms with E-state index in [2.05, 4.69) is 31.9 Å². The van der Waals surface area contributed by atoms with E-state index in [4.69, 9.17) is 0 Å². The Morgan fingerprint density at radius 3 is 2.31 bits per heavy atom. The zero-order valence-electron chi connectivity index (χ0n) is 8.16. The molecule has 1 aromatic rings. The summed E-state index contributed by atoms with van der Waals surface area (Å²) in [6, 6.07) is 1.80. The number of Topliss-reactive ketones (excluding diaryl/α,β-unsaturated/α-hetero) is 1. The molecule has 0 spiro atoms. The van der Waals surface area contributed by atoms with Crippen molar-refractivity contribution in [1.29, 1.82) is 0 Å². The highest BCUT2D eigenvalue weighted by atomic mass is 79.9. The Balaban J connectivity index is 3.39. The van der Waals surface area contributed by atoms with Gasteiger partial charge in [-0.2, -0.15) is 13.2 Å². The van der Waals surface area contributed by atoms with E-state index in [1.54, 1.807) is 6.92 Å². The molecular formula is C10H7Br2F3O. The van der Waals surface area contributed by atoms with E-state index in [9.17, 15) is 18.0 Å². The quantitative estimate of drug-likeness (QED) is 0.691. The largest absolute Gasteiger partial charge is 0.416 e. The Morgan fingerprint density at radius 2 is 1.88 bits per heavy atom. The van der Waals surface area contributed by atoms with Crippen molar-refractivity contribution in [3.63, 3.8) is 0 Å². The molecule has 16 heavy (non-hydrogen) atoms. The van der Waals surface area contributed by atoms with Crippen molar-refractivity contribution in [2.24, 2.45) is 0 Å². The van der Waals surface area contributed by atoms with E-state index in [1.807, 2.05) is 0 Å². The summed E-state index contributed by atoms with van der Waals surface area (Å²) >= 11 is 6.08. The fraction of sp³-hybridized carbons (Fsp3) is 0.300. The first-order valence-corrected chi connectivity index (χ1v) is 5.95. The number of halogens is 5. The standard InChI is InChI=1S/C10H7Br2F3O/c1-2-8(16)6-3-5(10(13,14)15)4-7(11)9(6)12/h3-4H,2H2,1H3. The normalized spacial score (nSPS) is 11.6. The molecule has 0 amide bonds. The van der Waals surface area contributed by atoms with Crippen molar-refractivity contribution in [2.75, 3.05) is 0 Å². The lowest BCUT2D eigenvalue weighted by molar-refractivity contribution is -0.137. The van der Waals surface area contributed by atoms with Crippen molar-refractivity contribution in [3.05, 3.63) is 32.2 Å². The molecule has 88 valence electrons. The predicted octanol–water partition coefficient (Wildman–Crippen LogP) is 4.82. The SMILES string of the molecule is CCC(=O)c1cc(C(F)(F)F)cc(Br)c1Br. The predicted molar refractivity (Wildman–Crippen MR) is 61.5 cm³/mol. The Kier molecular flexibility index (Phi) is 4.17. The number of rotatable bonds is 2. The second-order valence-corrected chi connectivity index (χ2v) is 4.74. The van der Waals surface area contributed by atoms with Crippen molar-refractivity contribution >= 4 is 37.6 Å². The molecule has 0 saturated heterocycles. The molecule has 0 heterocycles. The van der Waals surface area contributed by atoms with Gasteiger partial charge in [0.15, 0.2) is 5.78 Å². The Morgan fingerprint density at radius 1 is 1.31 bits per heavy atom. The lowest BCUT2D eigenvalue weighted by Crippen LogP contribution is -2.08. The van der Waals surface area contributed by atoms with Gasteiger partial charge in [0.25, 0.3) is 0 Å². The highest BCUT2D eigenvalue weighted by Crippen LogP contribution is 2.36. The summed E-state index contributed by atoms with van der Waals surface area (Å²) < 4.78 is 38.1. The maximum Gasteiger partial charge on any atom is 0.416 e. The van der Waals surface area contributed by atoms with Crippen LogP contribution in [0.2, 0.25) is 0 Å². The second-order valence-electron chi connectivity index (χ2n) is 3.09. The first kappa shape index (κ1) is 13.7. The van der Waals surface area contributed by atoms with Gasteiger partial charge in [0.05, 0.1) is 5.56 Å². The fourth-order valence-electron chi connectivity index (χ4n) is 1.15. The van der Waals surface area contributed by atoms with E-state index in [0.717, 1.165) is 12.1 Å². The summed E-state index contributed by atoms with van der Waals surface area (Å²) in [5.74, 6) is -0.335. The topological polar surface area (TPSA) is 17.1 Å². The zero-order valence-corrected chi connectivity index (χ0v) is 11.3. The molecule has 1 rings (SSSR count). The molecular weight excluding hydrogens is 353 g/mol. The summed E-state index contributed by atoms with van der Waals surface area (Å²) in [5.41, 5.74) is -0.788. The van der Waals surface area contributed by atoms with Crippen LogP contribution in [0.25, 0.3) is 0 Å². The van der Waals surface area contributed by atoms with Crippen LogP contribution in [0.1, 0.15) is 29.3 Å². The lowest BCUT2D eigenvalue weighted by atomic mass is 10.1. The van der Waals surface area contributed by atoms with Gasteiger partial charge in [-0.1, -0.05) is 6.92 Å². The van der Waals surface area contributed by atoms with Gasteiger partial charge in [0.1, 0.15) is 0 Å².